The standard InChI is InChI=1S/C26H26F2N4/c1-25(2,3)18-9-6-8-17(14-18)20-10-7-11-21(29-20)26(4,5)22-12-13-32(31-22)19-15-23(27)30-24(28)16-19/h6-16H,1-5H3. The molecule has 32 heavy (non-hydrogen) atoms. The number of pyridine rings is 2. The van der Waals surface area contributed by atoms with Gasteiger partial charge < -0.3 is 0 Å². The van der Waals surface area contributed by atoms with Gasteiger partial charge in [-0.3, -0.25) is 4.98 Å². The topological polar surface area (TPSA) is 43.6 Å². The lowest BCUT2D eigenvalue weighted by atomic mass is 9.84. The van der Waals surface area contributed by atoms with E-state index in [1.807, 2.05) is 38.1 Å². The van der Waals surface area contributed by atoms with Gasteiger partial charge in [-0.05, 0) is 49.1 Å². The number of halogens is 2. The molecule has 0 spiro atoms. The lowest BCUT2D eigenvalue weighted by Gasteiger charge is -2.23. The van der Waals surface area contributed by atoms with Gasteiger partial charge in [0.15, 0.2) is 0 Å². The van der Waals surface area contributed by atoms with Crippen LogP contribution in [-0.2, 0) is 10.8 Å². The summed E-state index contributed by atoms with van der Waals surface area (Å²) in [5.41, 5.74) is 4.59. The second-order valence-electron chi connectivity index (χ2n) is 9.48. The molecule has 1 aromatic carbocycles. The van der Waals surface area contributed by atoms with E-state index in [1.54, 1.807) is 6.20 Å². The lowest BCUT2D eigenvalue weighted by Crippen LogP contribution is -2.22. The van der Waals surface area contributed by atoms with Crippen molar-refractivity contribution < 1.29 is 8.78 Å². The van der Waals surface area contributed by atoms with Crippen molar-refractivity contribution in [2.45, 2.75) is 45.4 Å². The van der Waals surface area contributed by atoms with Gasteiger partial charge in [0, 0.05) is 23.9 Å². The van der Waals surface area contributed by atoms with Crippen molar-refractivity contribution in [3.63, 3.8) is 0 Å². The summed E-state index contributed by atoms with van der Waals surface area (Å²) >= 11 is 0. The molecule has 0 atom stereocenters. The minimum Gasteiger partial charge on any atom is -0.252 e. The Balaban J connectivity index is 1.70. The zero-order valence-electron chi connectivity index (χ0n) is 18.9. The van der Waals surface area contributed by atoms with E-state index in [2.05, 4.69) is 55.1 Å². The summed E-state index contributed by atoms with van der Waals surface area (Å²) in [7, 11) is 0. The van der Waals surface area contributed by atoms with Gasteiger partial charge in [0.2, 0.25) is 11.9 Å². The Bertz CT molecular complexity index is 1250. The number of nitrogens with zero attached hydrogens (tertiary/aromatic N) is 4. The van der Waals surface area contributed by atoms with Crippen molar-refractivity contribution in [3.8, 4) is 16.9 Å². The van der Waals surface area contributed by atoms with Crippen LogP contribution >= 0.6 is 0 Å². The molecule has 0 unspecified atom stereocenters. The third-order valence-electron chi connectivity index (χ3n) is 5.66. The predicted molar refractivity (Wildman–Crippen MR) is 122 cm³/mol. The summed E-state index contributed by atoms with van der Waals surface area (Å²) in [5.74, 6) is -1.77. The molecule has 0 N–H and O–H groups in total. The lowest BCUT2D eigenvalue weighted by molar-refractivity contribution is 0.509. The summed E-state index contributed by atoms with van der Waals surface area (Å²) in [6.45, 7) is 10.6. The average Bonchev–Trinajstić information content (AvgIpc) is 3.24. The summed E-state index contributed by atoms with van der Waals surface area (Å²) < 4.78 is 28.5. The van der Waals surface area contributed by atoms with Crippen molar-refractivity contribution in [2.24, 2.45) is 0 Å². The number of rotatable bonds is 4. The van der Waals surface area contributed by atoms with Crippen LogP contribution < -0.4 is 0 Å². The molecular formula is C26H26F2N4. The van der Waals surface area contributed by atoms with E-state index in [1.165, 1.54) is 10.2 Å². The molecule has 164 valence electrons. The maximum atomic E-state index is 13.5. The molecule has 0 radical (unpaired) electrons. The fraction of sp³-hybridized carbons (Fsp3) is 0.269. The van der Waals surface area contributed by atoms with Crippen LogP contribution in [-0.4, -0.2) is 19.7 Å². The number of hydrogen-bond donors (Lipinski definition) is 0. The molecular weight excluding hydrogens is 406 g/mol. The Labute approximate surface area is 187 Å². The van der Waals surface area contributed by atoms with Gasteiger partial charge in [-0.25, -0.2) is 4.68 Å². The van der Waals surface area contributed by atoms with Gasteiger partial charge in [-0.15, -0.1) is 0 Å². The maximum absolute atomic E-state index is 13.5. The molecule has 4 nitrogen and oxygen atoms in total. The molecule has 0 bridgehead atoms. The number of aromatic nitrogens is 4. The van der Waals surface area contributed by atoms with Crippen LogP contribution in [0.15, 0.2) is 66.9 Å². The summed E-state index contributed by atoms with van der Waals surface area (Å²) in [4.78, 5) is 8.08. The van der Waals surface area contributed by atoms with Crippen LogP contribution in [0.1, 0.15) is 51.6 Å². The van der Waals surface area contributed by atoms with Crippen molar-refractivity contribution in [2.75, 3.05) is 0 Å². The molecule has 0 saturated carbocycles. The first-order valence-electron chi connectivity index (χ1n) is 10.5. The van der Waals surface area contributed by atoms with Crippen LogP contribution in [0.4, 0.5) is 8.78 Å². The average molecular weight is 433 g/mol. The third kappa shape index (κ3) is 4.31. The molecule has 0 aliphatic heterocycles. The molecule has 4 aromatic rings. The van der Waals surface area contributed by atoms with Gasteiger partial charge in [-0.2, -0.15) is 18.9 Å². The van der Waals surface area contributed by atoms with Crippen molar-refractivity contribution in [1.29, 1.82) is 0 Å². The minimum atomic E-state index is -0.886. The molecule has 0 saturated heterocycles. The molecule has 0 fully saturated rings. The fourth-order valence-electron chi connectivity index (χ4n) is 3.61. The smallest absolute Gasteiger partial charge is 0.217 e. The van der Waals surface area contributed by atoms with Crippen LogP contribution in [0, 0.1) is 11.9 Å². The van der Waals surface area contributed by atoms with Crippen LogP contribution in [0.3, 0.4) is 0 Å². The van der Waals surface area contributed by atoms with Crippen molar-refractivity contribution in [3.05, 3.63) is 95.7 Å². The summed E-state index contributed by atoms with van der Waals surface area (Å²) in [6, 6.07) is 18.5. The molecule has 0 aliphatic rings. The zero-order valence-corrected chi connectivity index (χ0v) is 18.9. The van der Waals surface area contributed by atoms with Gasteiger partial charge >= 0.3 is 0 Å². The normalized spacial score (nSPS) is 12.2. The van der Waals surface area contributed by atoms with Gasteiger partial charge in [-0.1, -0.05) is 45.0 Å². The molecule has 0 aliphatic carbocycles. The molecule has 4 rings (SSSR count). The van der Waals surface area contributed by atoms with Crippen molar-refractivity contribution in [1.82, 2.24) is 19.7 Å². The van der Waals surface area contributed by atoms with E-state index in [-0.39, 0.29) is 11.1 Å². The van der Waals surface area contributed by atoms with E-state index >= 15 is 0 Å². The van der Waals surface area contributed by atoms with Gasteiger partial charge in [0.25, 0.3) is 0 Å². The first-order valence-corrected chi connectivity index (χ1v) is 10.5. The maximum Gasteiger partial charge on any atom is 0.217 e. The van der Waals surface area contributed by atoms with E-state index < -0.39 is 17.3 Å². The van der Waals surface area contributed by atoms with Gasteiger partial charge in [0.05, 0.1) is 28.2 Å². The zero-order chi connectivity index (χ0) is 23.1. The van der Waals surface area contributed by atoms with E-state index in [4.69, 9.17) is 4.98 Å². The largest absolute Gasteiger partial charge is 0.252 e. The quantitative estimate of drug-likeness (QED) is 0.359. The monoisotopic (exact) mass is 432 g/mol. The second-order valence-corrected chi connectivity index (χ2v) is 9.48. The Hall–Kier alpha value is -3.41. The Kier molecular flexibility index (Phi) is 5.41. The minimum absolute atomic E-state index is 0.0473. The van der Waals surface area contributed by atoms with Gasteiger partial charge in [0.1, 0.15) is 0 Å². The molecule has 6 heteroatoms. The predicted octanol–water partition coefficient (Wildman–Crippen LogP) is 6.23. The Morgan fingerprint density at radius 2 is 1.44 bits per heavy atom. The first-order chi connectivity index (χ1) is 15.0. The van der Waals surface area contributed by atoms with Crippen molar-refractivity contribution >= 4 is 0 Å². The molecule has 3 aromatic heterocycles. The Morgan fingerprint density at radius 3 is 2.12 bits per heavy atom. The summed E-state index contributed by atoms with van der Waals surface area (Å²) in [6.07, 6.45) is 1.68. The van der Waals surface area contributed by atoms with E-state index in [0.29, 0.717) is 0 Å². The number of hydrogen-bond acceptors (Lipinski definition) is 3. The summed E-state index contributed by atoms with van der Waals surface area (Å²) in [5, 5.41) is 4.58. The molecule has 0 amide bonds. The molecule has 3 heterocycles. The van der Waals surface area contributed by atoms with E-state index in [9.17, 15) is 8.78 Å². The second kappa shape index (κ2) is 7.93. The first kappa shape index (κ1) is 21.8. The highest BCUT2D eigenvalue weighted by molar-refractivity contribution is 5.61. The fourth-order valence-corrected chi connectivity index (χ4v) is 3.61. The highest BCUT2D eigenvalue weighted by Gasteiger charge is 2.28. The van der Waals surface area contributed by atoms with Crippen LogP contribution in [0.5, 0.6) is 0 Å². The number of benzene rings is 1. The third-order valence-corrected chi connectivity index (χ3v) is 5.66. The Morgan fingerprint density at radius 1 is 0.750 bits per heavy atom. The van der Waals surface area contributed by atoms with Crippen LogP contribution in [0.25, 0.3) is 16.9 Å². The highest BCUT2D eigenvalue weighted by atomic mass is 19.1. The SMILES string of the molecule is CC(C)(C)c1cccc(-c2cccc(C(C)(C)c3ccn(-c4cc(F)nc(F)c4)n3)n2)c1. The van der Waals surface area contributed by atoms with Crippen LogP contribution in [0.2, 0.25) is 0 Å². The van der Waals surface area contributed by atoms with E-state index in [0.717, 1.165) is 34.8 Å². The highest BCUT2D eigenvalue weighted by Crippen LogP contribution is 2.32.